The number of aromatic nitrogens is 3. The first kappa shape index (κ1) is 17.7. The quantitative estimate of drug-likeness (QED) is 0.633. The molecule has 0 bridgehead atoms. The van der Waals surface area contributed by atoms with E-state index in [0.717, 1.165) is 40.2 Å². The summed E-state index contributed by atoms with van der Waals surface area (Å²) < 4.78 is 2.05. The number of benzene rings is 1. The van der Waals surface area contributed by atoms with Gasteiger partial charge < -0.3 is 0 Å². The van der Waals surface area contributed by atoms with E-state index in [1.807, 2.05) is 53.1 Å². The lowest BCUT2D eigenvalue weighted by atomic mass is 10.0. The maximum Gasteiger partial charge on any atom is 0.178 e. The molecule has 1 aromatic heterocycles. The van der Waals surface area contributed by atoms with Gasteiger partial charge in [-0.3, -0.25) is 4.57 Å². The van der Waals surface area contributed by atoms with Gasteiger partial charge in [0.15, 0.2) is 11.6 Å². The molecule has 1 heterocycles. The molecule has 140 valence electrons. The van der Waals surface area contributed by atoms with E-state index < -0.39 is 0 Å². The van der Waals surface area contributed by atoms with E-state index in [9.17, 15) is 0 Å². The number of rotatable bonds is 3. The first-order chi connectivity index (χ1) is 14.9. The fourth-order valence-electron chi connectivity index (χ4n) is 3.49. The van der Waals surface area contributed by atoms with E-state index in [1.165, 1.54) is 0 Å². The summed E-state index contributed by atoms with van der Waals surface area (Å²) in [4.78, 5) is 0. The normalized spacial score (nSPS) is 16.3. The molecule has 0 saturated heterocycles. The topological polar surface area (TPSA) is 30.7 Å². The largest absolute Gasteiger partial charge is 0.266 e. The Balaban J connectivity index is 1.82. The van der Waals surface area contributed by atoms with Gasteiger partial charge in [0.1, 0.15) is 0 Å². The van der Waals surface area contributed by atoms with E-state index in [2.05, 4.69) is 63.5 Å². The van der Waals surface area contributed by atoms with E-state index in [4.69, 9.17) is 0 Å². The second-order valence-electron chi connectivity index (χ2n) is 6.80. The predicted molar refractivity (Wildman–Crippen MR) is 120 cm³/mol. The molecule has 3 aliphatic rings. The Kier molecular flexibility index (Phi) is 4.70. The molecule has 3 nitrogen and oxygen atoms in total. The molecule has 0 aliphatic heterocycles. The van der Waals surface area contributed by atoms with Gasteiger partial charge in [0.05, 0.1) is 11.3 Å². The standard InChI is InChI=1S/C27H17N3/c1-2-6-16-22(15-5-1)26-28-29-27(23-17-8-3-9-18-23)30(26)25-20-12-11-14-21-13-7-4-10-19-24(21)25/h1-3,7-15,17-19H,4H2. The third-order valence-corrected chi connectivity index (χ3v) is 4.87. The molecule has 0 unspecified atom stereocenters. The van der Waals surface area contributed by atoms with Gasteiger partial charge in [-0.2, -0.15) is 0 Å². The highest BCUT2D eigenvalue weighted by Gasteiger charge is 2.22. The number of allylic oxidation sites excluding steroid dienone is 12. The van der Waals surface area contributed by atoms with Crippen molar-refractivity contribution >= 4 is 11.3 Å². The van der Waals surface area contributed by atoms with Crippen molar-refractivity contribution in [2.75, 3.05) is 0 Å². The summed E-state index contributed by atoms with van der Waals surface area (Å²) in [7, 11) is 0. The van der Waals surface area contributed by atoms with Gasteiger partial charge in [0, 0.05) is 11.1 Å². The second-order valence-corrected chi connectivity index (χ2v) is 6.80. The van der Waals surface area contributed by atoms with Crippen molar-refractivity contribution in [3.63, 3.8) is 0 Å². The Morgan fingerprint density at radius 1 is 0.867 bits per heavy atom. The van der Waals surface area contributed by atoms with Crippen LogP contribution < -0.4 is 0 Å². The first-order valence-electron chi connectivity index (χ1n) is 9.77. The zero-order chi connectivity index (χ0) is 20.2. The van der Waals surface area contributed by atoms with E-state index in [1.54, 1.807) is 12.2 Å². The monoisotopic (exact) mass is 383 g/mol. The van der Waals surface area contributed by atoms with Gasteiger partial charge in [0.25, 0.3) is 0 Å². The van der Waals surface area contributed by atoms with Crippen molar-refractivity contribution in [3.8, 4) is 11.4 Å². The predicted octanol–water partition coefficient (Wildman–Crippen LogP) is 5.74. The summed E-state index contributed by atoms with van der Waals surface area (Å²) in [5.41, 5.74) is 17.6. The molecule has 0 radical (unpaired) electrons. The number of hydrogen-bond acceptors (Lipinski definition) is 2. The van der Waals surface area contributed by atoms with Crippen LogP contribution in [0.4, 0.5) is 0 Å². The highest BCUT2D eigenvalue weighted by atomic mass is 15.3. The van der Waals surface area contributed by atoms with Crippen LogP contribution >= 0.6 is 0 Å². The summed E-state index contributed by atoms with van der Waals surface area (Å²) in [5, 5.41) is 9.09. The fraction of sp³-hybridized carbons (Fsp3) is 0.0370. The Labute approximate surface area is 175 Å². The molecule has 5 rings (SSSR count). The molecule has 0 amide bonds. The van der Waals surface area contributed by atoms with Crippen LogP contribution in [0.1, 0.15) is 12.2 Å². The summed E-state index contributed by atoms with van der Waals surface area (Å²) in [6, 6.07) is 10.1. The van der Waals surface area contributed by atoms with Crippen LogP contribution in [0.5, 0.6) is 0 Å². The zero-order valence-electron chi connectivity index (χ0n) is 16.2. The lowest BCUT2D eigenvalue weighted by molar-refractivity contribution is 1.05. The van der Waals surface area contributed by atoms with Crippen LogP contribution in [0.2, 0.25) is 0 Å². The van der Waals surface area contributed by atoms with Crippen LogP contribution in [0.15, 0.2) is 125 Å². The molecule has 0 atom stereocenters. The van der Waals surface area contributed by atoms with Crippen LogP contribution in [-0.4, -0.2) is 14.8 Å². The fourth-order valence-corrected chi connectivity index (χ4v) is 3.49. The SMILES string of the molecule is C1=C=C(c2nnc(-c3ccccc3)n2C2=C=CC=CC3=C2C=CCC=C3)C=C=CC=1. The van der Waals surface area contributed by atoms with Gasteiger partial charge in [-0.05, 0) is 36.3 Å². The van der Waals surface area contributed by atoms with Crippen molar-refractivity contribution in [2.24, 2.45) is 0 Å². The van der Waals surface area contributed by atoms with Crippen molar-refractivity contribution in [2.45, 2.75) is 6.42 Å². The van der Waals surface area contributed by atoms with Gasteiger partial charge >= 0.3 is 0 Å². The van der Waals surface area contributed by atoms with Crippen LogP contribution in [0, 0.1) is 0 Å². The van der Waals surface area contributed by atoms with Gasteiger partial charge in [0.2, 0.25) is 0 Å². The van der Waals surface area contributed by atoms with Gasteiger partial charge in [-0.25, -0.2) is 0 Å². The maximum absolute atomic E-state index is 4.56. The summed E-state index contributed by atoms with van der Waals surface area (Å²) in [6.07, 6.45) is 21.0. The Bertz CT molecular complexity index is 1380. The summed E-state index contributed by atoms with van der Waals surface area (Å²) in [6.45, 7) is 0. The highest BCUT2D eigenvalue weighted by Crippen LogP contribution is 2.33. The number of nitrogens with zero attached hydrogens (tertiary/aromatic N) is 3. The van der Waals surface area contributed by atoms with E-state index >= 15 is 0 Å². The van der Waals surface area contributed by atoms with Crippen LogP contribution in [0.25, 0.3) is 22.7 Å². The molecule has 2 aromatic rings. The summed E-state index contributed by atoms with van der Waals surface area (Å²) in [5.74, 6) is 1.42. The molecule has 0 fully saturated rings. The molecular weight excluding hydrogens is 366 g/mol. The zero-order valence-corrected chi connectivity index (χ0v) is 16.2. The lowest BCUT2D eigenvalue weighted by Gasteiger charge is -2.15. The third-order valence-electron chi connectivity index (χ3n) is 4.87. The van der Waals surface area contributed by atoms with Crippen molar-refractivity contribution in [3.05, 3.63) is 131 Å². The summed E-state index contributed by atoms with van der Waals surface area (Å²) >= 11 is 0. The third kappa shape index (κ3) is 3.30. The average molecular weight is 383 g/mol. The maximum atomic E-state index is 4.56. The van der Waals surface area contributed by atoms with E-state index in [0.29, 0.717) is 5.82 Å². The van der Waals surface area contributed by atoms with Crippen molar-refractivity contribution in [1.29, 1.82) is 0 Å². The van der Waals surface area contributed by atoms with Crippen molar-refractivity contribution in [1.82, 2.24) is 14.8 Å². The number of hydrogen-bond donors (Lipinski definition) is 0. The molecule has 1 aromatic carbocycles. The molecular formula is C27H17N3. The van der Waals surface area contributed by atoms with Crippen molar-refractivity contribution < 1.29 is 0 Å². The van der Waals surface area contributed by atoms with Crippen LogP contribution in [-0.2, 0) is 0 Å². The Morgan fingerprint density at radius 2 is 1.73 bits per heavy atom. The molecule has 0 saturated carbocycles. The van der Waals surface area contributed by atoms with Gasteiger partial charge in [-0.15, -0.1) is 15.9 Å². The highest BCUT2D eigenvalue weighted by molar-refractivity contribution is 5.82. The minimum atomic E-state index is 0.670. The molecule has 30 heavy (non-hydrogen) atoms. The molecule has 3 aliphatic carbocycles. The lowest BCUT2D eigenvalue weighted by Crippen LogP contribution is -2.06. The van der Waals surface area contributed by atoms with E-state index in [-0.39, 0.29) is 0 Å². The van der Waals surface area contributed by atoms with Crippen LogP contribution in [0.3, 0.4) is 0 Å². The first-order valence-corrected chi connectivity index (χ1v) is 9.77. The molecule has 3 heteroatoms. The smallest absolute Gasteiger partial charge is 0.178 e. The Morgan fingerprint density at radius 3 is 2.67 bits per heavy atom. The minimum absolute atomic E-state index is 0.670. The average Bonchev–Trinajstić information content (AvgIpc) is 2.99. The molecule has 0 spiro atoms. The minimum Gasteiger partial charge on any atom is -0.266 e. The second kappa shape index (κ2) is 7.95. The molecule has 0 N–H and O–H groups in total. The van der Waals surface area contributed by atoms with Gasteiger partial charge in [-0.1, -0.05) is 84.0 Å². The Hall–Kier alpha value is -4.34.